The lowest BCUT2D eigenvalue weighted by Gasteiger charge is -2.40. The van der Waals surface area contributed by atoms with Crippen LogP contribution in [0.25, 0.3) is 0 Å². The molecule has 0 N–H and O–H groups in total. The van der Waals surface area contributed by atoms with Crippen molar-refractivity contribution in [1.29, 1.82) is 0 Å². The monoisotopic (exact) mass is 355 g/mol. The number of amides is 1. The van der Waals surface area contributed by atoms with E-state index in [1.807, 2.05) is 4.90 Å². The van der Waals surface area contributed by atoms with Gasteiger partial charge in [-0.3, -0.25) is 4.79 Å². The van der Waals surface area contributed by atoms with Gasteiger partial charge in [-0.05, 0) is 44.9 Å². The van der Waals surface area contributed by atoms with Crippen LogP contribution in [0.4, 0.5) is 13.2 Å². The Morgan fingerprint density at radius 2 is 1.70 bits per heavy atom. The maximum Gasteiger partial charge on any atom is 0.391 e. The van der Waals surface area contributed by atoms with E-state index in [1.54, 1.807) is 0 Å². The molecule has 0 saturated heterocycles. The average molecular weight is 356 g/mol. The fourth-order valence-corrected chi connectivity index (χ4v) is 3.55. The van der Waals surface area contributed by atoms with Crippen LogP contribution in [0.3, 0.4) is 0 Å². The molecule has 0 bridgehead atoms. The van der Waals surface area contributed by atoms with Gasteiger partial charge in [-0.15, -0.1) is 0 Å². The van der Waals surface area contributed by atoms with Crippen LogP contribution in [-0.4, -0.2) is 34.9 Å². The molecular weight excluding hydrogens is 335 g/mol. The Kier molecular flexibility index (Phi) is 5.37. The Bertz CT molecular complexity index is 336. The molecule has 0 aromatic heterocycles. The maximum absolute atomic E-state index is 12.6. The number of carbonyl (C=O) groups is 1. The van der Waals surface area contributed by atoms with Crippen molar-refractivity contribution in [1.82, 2.24) is 4.90 Å². The lowest BCUT2D eigenvalue weighted by molar-refractivity contribution is -0.185. The van der Waals surface area contributed by atoms with E-state index in [-0.39, 0.29) is 24.7 Å². The van der Waals surface area contributed by atoms with Gasteiger partial charge in [-0.25, -0.2) is 0 Å². The molecule has 0 spiro atoms. The second-order valence-corrected chi connectivity index (χ2v) is 6.69. The highest BCUT2D eigenvalue weighted by Crippen LogP contribution is 2.40. The standard InChI is InChI=1S/C14H21BrF3NO/c15-8-9-19(12-2-1-3-12)13(20)10-4-6-11(7-5-10)14(16,17)18/h10-12H,1-9H2. The summed E-state index contributed by atoms with van der Waals surface area (Å²) in [5.74, 6) is -1.33. The summed E-state index contributed by atoms with van der Waals surface area (Å²) in [5.41, 5.74) is 0. The number of hydrogen-bond donors (Lipinski definition) is 0. The minimum atomic E-state index is -4.10. The predicted molar refractivity (Wildman–Crippen MR) is 74.6 cm³/mol. The number of rotatable bonds is 4. The number of nitrogens with zero attached hydrogens (tertiary/aromatic N) is 1. The van der Waals surface area contributed by atoms with E-state index in [0.29, 0.717) is 25.4 Å². The normalized spacial score (nSPS) is 28.0. The second kappa shape index (κ2) is 6.67. The molecule has 0 atom stereocenters. The van der Waals surface area contributed by atoms with Crippen molar-refractivity contribution in [2.24, 2.45) is 11.8 Å². The van der Waals surface area contributed by atoms with Gasteiger partial charge in [0.1, 0.15) is 0 Å². The molecule has 0 aliphatic heterocycles. The summed E-state index contributed by atoms with van der Waals surface area (Å²) < 4.78 is 37.9. The zero-order chi connectivity index (χ0) is 14.8. The molecule has 2 saturated carbocycles. The Morgan fingerprint density at radius 1 is 1.10 bits per heavy atom. The summed E-state index contributed by atoms with van der Waals surface area (Å²) in [6, 6.07) is 0.320. The van der Waals surface area contributed by atoms with Crippen LogP contribution in [0.15, 0.2) is 0 Å². The van der Waals surface area contributed by atoms with Gasteiger partial charge >= 0.3 is 6.18 Å². The summed E-state index contributed by atoms with van der Waals surface area (Å²) in [4.78, 5) is 14.4. The van der Waals surface area contributed by atoms with Gasteiger partial charge < -0.3 is 4.90 Å². The topological polar surface area (TPSA) is 20.3 Å². The third kappa shape index (κ3) is 3.68. The van der Waals surface area contributed by atoms with Crippen molar-refractivity contribution in [3.63, 3.8) is 0 Å². The molecule has 2 aliphatic rings. The third-order valence-electron chi connectivity index (χ3n) is 4.66. The lowest BCUT2D eigenvalue weighted by atomic mass is 9.80. The quantitative estimate of drug-likeness (QED) is 0.694. The molecule has 0 aromatic carbocycles. The van der Waals surface area contributed by atoms with Gasteiger partial charge in [0.05, 0.1) is 5.92 Å². The molecule has 0 unspecified atom stereocenters. The first-order valence-corrected chi connectivity index (χ1v) is 8.48. The van der Waals surface area contributed by atoms with Crippen LogP contribution >= 0.6 is 15.9 Å². The predicted octanol–water partition coefficient (Wildman–Crippen LogP) is 4.13. The summed E-state index contributed by atoms with van der Waals surface area (Å²) in [6.07, 6.45) is 0.102. The largest absolute Gasteiger partial charge is 0.391 e. The molecule has 2 aliphatic carbocycles. The number of carbonyl (C=O) groups excluding carboxylic acids is 1. The van der Waals surface area contributed by atoms with Crippen LogP contribution in [0, 0.1) is 11.8 Å². The van der Waals surface area contributed by atoms with Gasteiger partial charge in [0, 0.05) is 23.8 Å². The van der Waals surface area contributed by atoms with Gasteiger partial charge in [0.25, 0.3) is 0 Å². The van der Waals surface area contributed by atoms with Crippen LogP contribution in [0.5, 0.6) is 0 Å². The van der Waals surface area contributed by atoms with Crippen LogP contribution in [-0.2, 0) is 4.79 Å². The van der Waals surface area contributed by atoms with Crippen LogP contribution in [0.1, 0.15) is 44.9 Å². The first-order chi connectivity index (χ1) is 9.43. The first kappa shape index (κ1) is 16.1. The second-order valence-electron chi connectivity index (χ2n) is 5.90. The smallest absolute Gasteiger partial charge is 0.339 e. The van der Waals surface area contributed by atoms with E-state index in [1.165, 1.54) is 0 Å². The highest BCUT2D eigenvalue weighted by Gasteiger charge is 2.43. The van der Waals surface area contributed by atoms with Gasteiger partial charge in [-0.1, -0.05) is 15.9 Å². The molecule has 2 rings (SSSR count). The summed E-state index contributed by atoms with van der Waals surface area (Å²) >= 11 is 3.36. The zero-order valence-corrected chi connectivity index (χ0v) is 13.0. The summed E-state index contributed by atoms with van der Waals surface area (Å²) in [7, 11) is 0. The fourth-order valence-electron chi connectivity index (χ4n) is 3.16. The van der Waals surface area contributed by atoms with E-state index >= 15 is 0 Å². The molecule has 0 aromatic rings. The molecule has 20 heavy (non-hydrogen) atoms. The Morgan fingerprint density at radius 3 is 2.10 bits per heavy atom. The number of alkyl halides is 4. The number of hydrogen-bond acceptors (Lipinski definition) is 1. The molecule has 0 heterocycles. The highest BCUT2D eigenvalue weighted by atomic mass is 79.9. The minimum Gasteiger partial charge on any atom is -0.339 e. The van der Waals surface area contributed by atoms with Crippen LogP contribution in [0.2, 0.25) is 0 Å². The fraction of sp³-hybridized carbons (Fsp3) is 0.929. The Labute approximate surface area is 126 Å². The van der Waals surface area contributed by atoms with Crippen molar-refractivity contribution in [2.75, 3.05) is 11.9 Å². The van der Waals surface area contributed by atoms with Crippen molar-refractivity contribution in [3.05, 3.63) is 0 Å². The summed E-state index contributed by atoms with van der Waals surface area (Å²) in [5, 5.41) is 0.729. The minimum absolute atomic E-state index is 0.0785. The van der Waals surface area contributed by atoms with Gasteiger partial charge in [0.2, 0.25) is 5.91 Å². The van der Waals surface area contributed by atoms with E-state index in [0.717, 1.165) is 24.6 Å². The van der Waals surface area contributed by atoms with Crippen molar-refractivity contribution < 1.29 is 18.0 Å². The molecule has 1 amide bonds. The SMILES string of the molecule is O=C(C1CCC(C(F)(F)F)CC1)N(CCBr)C1CCC1. The van der Waals surface area contributed by atoms with E-state index in [9.17, 15) is 18.0 Å². The van der Waals surface area contributed by atoms with Gasteiger partial charge in [-0.2, -0.15) is 13.2 Å². The first-order valence-electron chi connectivity index (χ1n) is 7.36. The lowest BCUT2D eigenvalue weighted by Crippen LogP contribution is -2.48. The third-order valence-corrected chi connectivity index (χ3v) is 5.02. The highest BCUT2D eigenvalue weighted by molar-refractivity contribution is 9.09. The molecule has 2 fully saturated rings. The van der Waals surface area contributed by atoms with Gasteiger partial charge in [0.15, 0.2) is 0 Å². The molecular formula is C14H21BrF3NO. The zero-order valence-electron chi connectivity index (χ0n) is 11.5. The Balaban J connectivity index is 1.89. The van der Waals surface area contributed by atoms with E-state index in [4.69, 9.17) is 0 Å². The molecule has 116 valence electrons. The van der Waals surface area contributed by atoms with E-state index in [2.05, 4.69) is 15.9 Å². The van der Waals surface area contributed by atoms with Crippen molar-refractivity contribution >= 4 is 21.8 Å². The van der Waals surface area contributed by atoms with Crippen molar-refractivity contribution in [2.45, 2.75) is 57.2 Å². The Hall–Kier alpha value is -0.260. The van der Waals surface area contributed by atoms with Crippen LogP contribution < -0.4 is 0 Å². The number of halogens is 4. The average Bonchev–Trinajstić information content (AvgIpc) is 2.34. The summed E-state index contributed by atoms with van der Waals surface area (Å²) in [6.45, 7) is 0.669. The van der Waals surface area contributed by atoms with Crippen molar-refractivity contribution in [3.8, 4) is 0 Å². The van der Waals surface area contributed by atoms with E-state index < -0.39 is 12.1 Å². The maximum atomic E-state index is 12.6. The molecule has 6 heteroatoms. The molecule has 0 radical (unpaired) electrons. The molecule has 2 nitrogen and oxygen atoms in total.